The van der Waals surface area contributed by atoms with Crippen molar-refractivity contribution in [3.8, 4) is 35.3 Å². The van der Waals surface area contributed by atoms with Crippen LogP contribution in [0.2, 0.25) is 0 Å². The predicted molar refractivity (Wildman–Crippen MR) is 164 cm³/mol. The summed E-state index contributed by atoms with van der Waals surface area (Å²) in [6.45, 7) is 6.03. The van der Waals surface area contributed by atoms with E-state index < -0.39 is 24.3 Å². The van der Waals surface area contributed by atoms with Crippen LogP contribution in [0.3, 0.4) is 0 Å². The molecule has 3 rings (SSSR count). The van der Waals surface area contributed by atoms with Crippen molar-refractivity contribution >= 4 is 40.8 Å². The van der Waals surface area contributed by atoms with E-state index in [0.717, 1.165) is 3.57 Å². The van der Waals surface area contributed by atoms with Gasteiger partial charge in [0.2, 0.25) is 0 Å². The highest BCUT2D eigenvalue weighted by atomic mass is 127. The molecule has 0 unspecified atom stereocenters. The first-order chi connectivity index (χ1) is 20.2. The van der Waals surface area contributed by atoms with E-state index in [2.05, 4.69) is 49.7 Å². The molecule has 0 saturated carbocycles. The summed E-state index contributed by atoms with van der Waals surface area (Å²) in [4.78, 5) is 24.6. The van der Waals surface area contributed by atoms with Gasteiger partial charge in [0.1, 0.15) is 13.2 Å². The molecule has 2 aromatic rings. The highest BCUT2D eigenvalue weighted by molar-refractivity contribution is 14.1. The first kappa shape index (κ1) is 32.4. The van der Waals surface area contributed by atoms with Crippen molar-refractivity contribution in [1.82, 2.24) is 16.1 Å². The summed E-state index contributed by atoms with van der Waals surface area (Å²) >= 11 is 2.12. The molecule has 42 heavy (non-hydrogen) atoms. The molecule has 1 heterocycles. The van der Waals surface area contributed by atoms with Crippen molar-refractivity contribution in [3.05, 3.63) is 56.3 Å². The maximum absolute atomic E-state index is 12.4. The number of aliphatic hydroxyl groups excluding tert-OH is 1. The van der Waals surface area contributed by atoms with E-state index in [9.17, 15) is 14.7 Å². The summed E-state index contributed by atoms with van der Waals surface area (Å²) < 4.78 is 28.5. The van der Waals surface area contributed by atoms with Crippen LogP contribution in [0.25, 0.3) is 0 Å². The molecule has 1 aliphatic heterocycles. The number of methoxy groups -OCH3 is 1. The number of allylic oxidation sites excluding steroid dienone is 1. The number of halogens is 1. The van der Waals surface area contributed by atoms with Gasteiger partial charge in [-0.3, -0.25) is 5.43 Å². The summed E-state index contributed by atoms with van der Waals surface area (Å²) in [6.07, 6.45) is 5.68. The molecule has 13 heteroatoms. The van der Waals surface area contributed by atoms with Gasteiger partial charge in [-0.25, -0.2) is 9.59 Å². The van der Waals surface area contributed by atoms with Gasteiger partial charge >= 0.3 is 12.0 Å². The number of aliphatic hydroxyl groups is 1. The third-order valence-corrected chi connectivity index (χ3v) is 6.54. The monoisotopic (exact) mass is 692 g/mol. The van der Waals surface area contributed by atoms with Crippen LogP contribution in [0.5, 0.6) is 23.0 Å². The second kappa shape index (κ2) is 15.7. The molecule has 0 fully saturated rings. The molecule has 2 aromatic carbocycles. The lowest BCUT2D eigenvalue weighted by Gasteiger charge is -2.28. The van der Waals surface area contributed by atoms with E-state index >= 15 is 0 Å². The standard InChI is InChI=1S/C29H33IN4O8/c1-6-11-41-27-20(30)12-18(13-23(27)40-8-3)15-31-34-24(35)16-42-21-10-9-19(14-22(21)39-7-2)26-25(28(36)38-5)17(4)32-29(37)33-26/h1,9-10,12-15,24,26,34-35H,7-8,11,16H2,2-5H3,(H2,32,33,37)/b31-15-/t24-,26-/m0/s1. The van der Waals surface area contributed by atoms with Gasteiger partial charge in [0, 0.05) is 5.70 Å². The van der Waals surface area contributed by atoms with Gasteiger partial charge in [-0.2, -0.15) is 5.10 Å². The van der Waals surface area contributed by atoms with Crippen LogP contribution in [0.1, 0.15) is 37.9 Å². The Morgan fingerprint density at radius 1 is 1.17 bits per heavy atom. The molecule has 1 aliphatic rings. The van der Waals surface area contributed by atoms with Crippen molar-refractivity contribution in [1.29, 1.82) is 0 Å². The molecule has 0 radical (unpaired) electrons. The Morgan fingerprint density at radius 3 is 2.60 bits per heavy atom. The van der Waals surface area contributed by atoms with Crippen molar-refractivity contribution in [2.75, 3.05) is 33.5 Å². The molecule has 0 saturated heterocycles. The number of urea groups is 1. The number of nitrogens with zero attached hydrogens (tertiary/aromatic N) is 1. The minimum Gasteiger partial charge on any atom is -0.490 e. The maximum Gasteiger partial charge on any atom is 0.337 e. The van der Waals surface area contributed by atoms with Gasteiger partial charge in [-0.05, 0) is 78.8 Å². The zero-order chi connectivity index (χ0) is 30.6. The van der Waals surface area contributed by atoms with Crippen LogP contribution >= 0.6 is 22.6 Å². The quantitative estimate of drug-likeness (QED) is 0.0585. The Morgan fingerprint density at radius 2 is 1.90 bits per heavy atom. The number of hydrazone groups is 1. The second-order valence-corrected chi connectivity index (χ2v) is 9.83. The summed E-state index contributed by atoms with van der Waals surface area (Å²) in [6, 6.07) is 7.38. The number of nitrogens with one attached hydrogen (secondary N) is 3. The Labute approximate surface area is 257 Å². The van der Waals surface area contributed by atoms with Crippen LogP contribution < -0.4 is 35.0 Å². The largest absolute Gasteiger partial charge is 0.490 e. The second-order valence-electron chi connectivity index (χ2n) is 8.67. The maximum atomic E-state index is 12.4. The molecule has 0 spiro atoms. The number of rotatable bonds is 14. The van der Waals surface area contributed by atoms with E-state index in [1.807, 2.05) is 19.9 Å². The normalized spacial score (nSPS) is 15.3. The van der Waals surface area contributed by atoms with Gasteiger partial charge < -0.3 is 39.4 Å². The summed E-state index contributed by atoms with van der Waals surface area (Å²) in [5, 5.41) is 19.8. The Balaban J connectivity index is 1.69. The number of terminal acetylenes is 1. The molecular weight excluding hydrogens is 659 g/mol. The molecule has 0 bridgehead atoms. The van der Waals surface area contributed by atoms with Crippen LogP contribution in [0.4, 0.5) is 4.79 Å². The SMILES string of the molecule is C#CCOc1c(I)cc(/C=N\N[C@@H](O)COc2ccc([C@@H]3NC(=O)NC(C)=C3C(=O)OC)cc2OCC)cc1OCC. The zero-order valence-corrected chi connectivity index (χ0v) is 25.8. The number of carbonyl (C=O) groups excluding carboxylic acids is 2. The third kappa shape index (κ3) is 8.43. The van der Waals surface area contributed by atoms with E-state index in [4.69, 9.17) is 30.1 Å². The fourth-order valence-electron chi connectivity index (χ4n) is 4.00. The van der Waals surface area contributed by atoms with Crippen LogP contribution in [0, 0.1) is 15.9 Å². The summed E-state index contributed by atoms with van der Waals surface area (Å²) in [5.41, 5.74) is 4.57. The molecule has 224 valence electrons. The Kier molecular flexibility index (Phi) is 12.1. The van der Waals surface area contributed by atoms with Crippen LogP contribution in [-0.4, -0.2) is 63.1 Å². The lowest BCUT2D eigenvalue weighted by molar-refractivity contribution is -0.136. The fourth-order valence-corrected chi connectivity index (χ4v) is 4.78. The number of benzene rings is 2. The van der Waals surface area contributed by atoms with Gasteiger partial charge in [0.15, 0.2) is 29.2 Å². The average Bonchev–Trinajstić information content (AvgIpc) is 2.95. The smallest absolute Gasteiger partial charge is 0.337 e. The minimum atomic E-state index is -1.15. The number of amides is 2. The molecule has 0 aromatic heterocycles. The number of ether oxygens (including phenoxy) is 5. The van der Waals surface area contributed by atoms with Crippen molar-refractivity contribution in [3.63, 3.8) is 0 Å². The first-order valence-corrected chi connectivity index (χ1v) is 14.1. The molecule has 12 nitrogen and oxygen atoms in total. The highest BCUT2D eigenvalue weighted by Crippen LogP contribution is 2.35. The van der Waals surface area contributed by atoms with Crippen LogP contribution in [0.15, 0.2) is 46.7 Å². The third-order valence-electron chi connectivity index (χ3n) is 5.74. The number of carbonyl (C=O) groups is 2. The molecule has 2 amide bonds. The van der Waals surface area contributed by atoms with Crippen molar-refractivity contribution < 1.29 is 38.4 Å². The molecule has 2 atom stereocenters. The number of esters is 1. The lowest BCUT2D eigenvalue weighted by atomic mass is 9.95. The zero-order valence-electron chi connectivity index (χ0n) is 23.7. The first-order valence-electron chi connectivity index (χ1n) is 13.0. The minimum absolute atomic E-state index is 0.116. The van der Waals surface area contributed by atoms with Crippen molar-refractivity contribution in [2.45, 2.75) is 33.0 Å². The average molecular weight is 693 g/mol. The molecule has 4 N–H and O–H groups in total. The summed E-state index contributed by atoms with van der Waals surface area (Å²) in [7, 11) is 1.27. The lowest BCUT2D eigenvalue weighted by Crippen LogP contribution is -2.45. The Bertz CT molecular complexity index is 1390. The number of hydrogen-bond donors (Lipinski definition) is 4. The highest BCUT2D eigenvalue weighted by Gasteiger charge is 2.32. The predicted octanol–water partition coefficient (Wildman–Crippen LogP) is 3.22. The van der Waals surface area contributed by atoms with Gasteiger partial charge in [0.05, 0.1) is 41.7 Å². The van der Waals surface area contributed by atoms with E-state index in [-0.39, 0.29) is 18.8 Å². The molecular formula is C29H33IN4O8. The van der Waals surface area contributed by atoms with Gasteiger partial charge in [-0.1, -0.05) is 12.0 Å². The van der Waals surface area contributed by atoms with Gasteiger partial charge in [-0.15, -0.1) is 6.42 Å². The Hall–Kier alpha value is -4.16. The summed E-state index contributed by atoms with van der Waals surface area (Å²) in [5.74, 6) is 3.67. The molecule has 0 aliphatic carbocycles. The van der Waals surface area contributed by atoms with Crippen molar-refractivity contribution in [2.24, 2.45) is 5.10 Å². The topological polar surface area (TPSA) is 149 Å². The van der Waals surface area contributed by atoms with Crippen LogP contribution in [-0.2, 0) is 9.53 Å². The van der Waals surface area contributed by atoms with E-state index in [1.165, 1.54) is 13.3 Å². The van der Waals surface area contributed by atoms with Gasteiger partial charge in [0.25, 0.3) is 0 Å². The van der Waals surface area contributed by atoms with E-state index in [1.54, 1.807) is 31.2 Å². The number of hydrogen-bond acceptors (Lipinski definition) is 10. The fraction of sp³-hybridized carbons (Fsp3) is 0.345. The van der Waals surface area contributed by atoms with E-state index in [0.29, 0.717) is 53.0 Å².